The second-order valence-electron chi connectivity index (χ2n) is 6.74. The van der Waals surface area contributed by atoms with E-state index in [1.54, 1.807) is 6.20 Å². The quantitative estimate of drug-likeness (QED) is 0.740. The van der Waals surface area contributed by atoms with E-state index in [4.69, 9.17) is 0 Å². The number of benzene rings is 1. The van der Waals surface area contributed by atoms with Gasteiger partial charge in [0.2, 0.25) is 0 Å². The van der Waals surface area contributed by atoms with Crippen molar-refractivity contribution in [2.45, 2.75) is 45.6 Å². The van der Waals surface area contributed by atoms with Crippen molar-refractivity contribution in [1.29, 1.82) is 0 Å². The zero-order valence-corrected chi connectivity index (χ0v) is 15.3. The highest BCUT2D eigenvalue weighted by molar-refractivity contribution is 5.91. The highest BCUT2D eigenvalue weighted by Crippen LogP contribution is 2.19. The summed E-state index contributed by atoms with van der Waals surface area (Å²) in [5.41, 5.74) is 4.13. The van der Waals surface area contributed by atoms with Crippen LogP contribution >= 0.6 is 0 Å². The van der Waals surface area contributed by atoms with E-state index in [1.807, 2.05) is 31.2 Å². The second-order valence-corrected chi connectivity index (χ2v) is 6.74. The van der Waals surface area contributed by atoms with Crippen molar-refractivity contribution in [1.82, 2.24) is 15.3 Å². The monoisotopic (exact) mass is 350 g/mol. The summed E-state index contributed by atoms with van der Waals surface area (Å²) >= 11 is 0. The van der Waals surface area contributed by atoms with E-state index in [-0.39, 0.29) is 5.91 Å². The maximum Gasteiger partial charge on any atom is 0.271 e. The molecule has 2 aromatic rings. The van der Waals surface area contributed by atoms with E-state index in [0.717, 1.165) is 18.5 Å². The summed E-state index contributed by atoms with van der Waals surface area (Å²) in [6.45, 7) is 3.37. The smallest absolute Gasteiger partial charge is 0.271 e. The Kier molecular flexibility index (Phi) is 6.36. The lowest BCUT2D eigenvalue weighted by Gasteiger charge is -2.13. The number of anilines is 1. The van der Waals surface area contributed by atoms with Crippen molar-refractivity contribution in [3.8, 4) is 0 Å². The summed E-state index contributed by atoms with van der Waals surface area (Å²) in [4.78, 5) is 20.7. The van der Waals surface area contributed by atoms with Gasteiger partial charge in [-0.2, -0.15) is 0 Å². The van der Waals surface area contributed by atoms with Gasteiger partial charge in [-0.25, -0.2) is 9.97 Å². The summed E-state index contributed by atoms with van der Waals surface area (Å²) in [7, 11) is 0. The van der Waals surface area contributed by atoms with Crippen molar-refractivity contribution in [2.75, 3.05) is 11.9 Å². The van der Waals surface area contributed by atoms with Gasteiger partial charge < -0.3 is 10.6 Å². The normalized spacial score (nSPS) is 13.8. The minimum atomic E-state index is -0.211. The molecule has 0 saturated carbocycles. The van der Waals surface area contributed by atoms with Crippen LogP contribution in [0.2, 0.25) is 0 Å². The maximum absolute atomic E-state index is 12.2. The predicted octanol–water partition coefficient (Wildman–Crippen LogP) is 4.02. The van der Waals surface area contributed by atoms with E-state index in [9.17, 15) is 4.79 Å². The third-order valence-electron chi connectivity index (χ3n) is 4.60. The lowest BCUT2D eigenvalue weighted by atomic mass is 9.97. The van der Waals surface area contributed by atoms with E-state index in [2.05, 4.69) is 26.7 Å². The van der Waals surface area contributed by atoms with Crippen LogP contribution in [0.4, 0.5) is 5.82 Å². The Balaban J connectivity index is 1.44. The zero-order valence-electron chi connectivity index (χ0n) is 15.3. The van der Waals surface area contributed by atoms with Gasteiger partial charge in [0.05, 0.1) is 12.4 Å². The van der Waals surface area contributed by atoms with Gasteiger partial charge in [0.15, 0.2) is 0 Å². The Morgan fingerprint density at radius 3 is 2.65 bits per heavy atom. The number of rotatable bonds is 7. The van der Waals surface area contributed by atoms with Crippen molar-refractivity contribution < 1.29 is 4.79 Å². The molecule has 0 radical (unpaired) electrons. The minimum absolute atomic E-state index is 0.211. The van der Waals surface area contributed by atoms with Crippen LogP contribution in [-0.2, 0) is 6.54 Å². The number of aromatic nitrogens is 2. The molecule has 0 aliphatic heterocycles. The molecule has 0 spiro atoms. The molecule has 1 aromatic heterocycles. The van der Waals surface area contributed by atoms with Crippen LogP contribution in [0.5, 0.6) is 0 Å². The molecule has 1 amide bonds. The first-order valence-electron chi connectivity index (χ1n) is 9.28. The van der Waals surface area contributed by atoms with E-state index < -0.39 is 0 Å². The van der Waals surface area contributed by atoms with Crippen molar-refractivity contribution in [2.24, 2.45) is 0 Å². The molecule has 2 N–H and O–H groups in total. The molecule has 1 aliphatic rings. The number of amides is 1. The number of nitrogens with one attached hydrogen (secondary N) is 2. The molecule has 1 heterocycles. The van der Waals surface area contributed by atoms with E-state index >= 15 is 0 Å². The van der Waals surface area contributed by atoms with Gasteiger partial charge in [-0.1, -0.05) is 41.5 Å². The van der Waals surface area contributed by atoms with E-state index in [0.29, 0.717) is 18.1 Å². The first kappa shape index (κ1) is 18.1. The van der Waals surface area contributed by atoms with Gasteiger partial charge in [-0.3, -0.25) is 4.79 Å². The van der Waals surface area contributed by atoms with Crippen LogP contribution in [-0.4, -0.2) is 22.4 Å². The summed E-state index contributed by atoms with van der Waals surface area (Å²) in [5, 5.41) is 6.15. The SMILES string of the molecule is Cc1ccc(CNC(=O)c2cnc(NCCC3=CCCCC3)cn2)cc1. The zero-order chi connectivity index (χ0) is 18.2. The Labute approximate surface area is 155 Å². The molecular formula is C21H26N4O. The van der Waals surface area contributed by atoms with Crippen LogP contribution < -0.4 is 10.6 Å². The van der Waals surface area contributed by atoms with E-state index in [1.165, 1.54) is 43.0 Å². The molecule has 3 rings (SSSR count). The standard InChI is InChI=1S/C21H26N4O/c1-16-7-9-18(10-8-16)13-25-21(26)19-14-24-20(15-23-19)22-12-11-17-5-3-2-4-6-17/h5,7-10,14-15H,2-4,6,11-13H2,1H3,(H,22,24)(H,25,26). The van der Waals surface area contributed by atoms with Crippen molar-refractivity contribution >= 4 is 11.7 Å². The third kappa shape index (κ3) is 5.41. The summed E-state index contributed by atoms with van der Waals surface area (Å²) in [6, 6.07) is 8.09. The van der Waals surface area contributed by atoms with Gasteiger partial charge in [0.25, 0.3) is 5.91 Å². The van der Waals surface area contributed by atoms with Crippen molar-refractivity contribution in [3.63, 3.8) is 0 Å². The molecule has 5 nitrogen and oxygen atoms in total. The molecule has 26 heavy (non-hydrogen) atoms. The predicted molar refractivity (Wildman–Crippen MR) is 104 cm³/mol. The fourth-order valence-electron chi connectivity index (χ4n) is 3.00. The topological polar surface area (TPSA) is 66.9 Å². The molecule has 0 fully saturated rings. The fourth-order valence-corrected chi connectivity index (χ4v) is 3.00. The minimum Gasteiger partial charge on any atom is -0.368 e. The third-order valence-corrected chi connectivity index (χ3v) is 4.60. The highest BCUT2D eigenvalue weighted by atomic mass is 16.1. The van der Waals surface area contributed by atoms with Gasteiger partial charge in [0, 0.05) is 13.1 Å². The first-order chi connectivity index (χ1) is 12.7. The number of carbonyl (C=O) groups is 1. The highest BCUT2D eigenvalue weighted by Gasteiger charge is 2.08. The van der Waals surface area contributed by atoms with Gasteiger partial charge >= 0.3 is 0 Å². The number of hydrogen-bond donors (Lipinski definition) is 2. The fraction of sp³-hybridized carbons (Fsp3) is 0.381. The summed E-state index contributed by atoms with van der Waals surface area (Å²) in [6.07, 6.45) is 11.6. The molecule has 0 atom stereocenters. The molecular weight excluding hydrogens is 324 g/mol. The Hall–Kier alpha value is -2.69. The Morgan fingerprint density at radius 1 is 1.12 bits per heavy atom. The average molecular weight is 350 g/mol. The van der Waals surface area contributed by atoms with Crippen LogP contribution in [0.3, 0.4) is 0 Å². The van der Waals surface area contributed by atoms with Crippen LogP contribution in [0.25, 0.3) is 0 Å². The van der Waals surface area contributed by atoms with Gasteiger partial charge in [-0.05, 0) is 44.6 Å². The number of allylic oxidation sites excluding steroid dienone is 1. The van der Waals surface area contributed by atoms with Crippen molar-refractivity contribution in [3.05, 3.63) is 65.1 Å². The molecule has 1 aromatic carbocycles. The van der Waals surface area contributed by atoms with Crippen LogP contribution in [0, 0.1) is 6.92 Å². The number of hydrogen-bond acceptors (Lipinski definition) is 4. The summed E-state index contributed by atoms with van der Waals surface area (Å²) in [5.74, 6) is 0.494. The lowest BCUT2D eigenvalue weighted by Crippen LogP contribution is -2.24. The average Bonchev–Trinajstić information content (AvgIpc) is 2.69. The Morgan fingerprint density at radius 2 is 1.96 bits per heavy atom. The molecule has 5 heteroatoms. The van der Waals surface area contributed by atoms with Gasteiger partial charge in [0.1, 0.15) is 11.5 Å². The Bertz CT molecular complexity index is 751. The lowest BCUT2D eigenvalue weighted by molar-refractivity contribution is 0.0945. The molecule has 1 aliphatic carbocycles. The largest absolute Gasteiger partial charge is 0.368 e. The molecule has 136 valence electrons. The second kappa shape index (κ2) is 9.13. The first-order valence-corrected chi connectivity index (χ1v) is 9.28. The molecule has 0 unspecified atom stereocenters. The summed E-state index contributed by atoms with van der Waals surface area (Å²) < 4.78 is 0. The molecule has 0 saturated heterocycles. The maximum atomic E-state index is 12.2. The molecule has 0 bridgehead atoms. The van der Waals surface area contributed by atoms with Gasteiger partial charge in [-0.15, -0.1) is 0 Å². The number of carbonyl (C=O) groups excluding carboxylic acids is 1. The number of nitrogens with zero attached hydrogens (tertiary/aromatic N) is 2. The van der Waals surface area contributed by atoms with Crippen LogP contribution in [0.15, 0.2) is 48.3 Å². The van der Waals surface area contributed by atoms with Crippen LogP contribution in [0.1, 0.15) is 53.7 Å². The number of aryl methyl sites for hydroxylation is 1.